The molecular weight excluding hydrogens is 362 g/mol. The first-order valence-electron chi connectivity index (χ1n) is 8.12. The van der Waals surface area contributed by atoms with Crippen LogP contribution in [0.4, 0.5) is 0 Å². The summed E-state index contributed by atoms with van der Waals surface area (Å²) in [6.45, 7) is 1.53. The predicted molar refractivity (Wildman–Crippen MR) is 93.8 cm³/mol. The van der Waals surface area contributed by atoms with Crippen LogP contribution in [0, 0.1) is 5.92 Å². The maximum Gasteiger partial charge on any atom is 0.243 e. The van der Waals surface area contributed by atoms with E-state index in [0.717, 1.165) is 5.56 Å². The highest BCUT2D eigenvalue weighted by Gasteiger charge is 2.40. The summed E-state index contributed by atoms with van der Waals surface area (Å²) in [7, 11) is -3.65. The van der Waals surface area contributed by atoms with E-state index in [4.69, 9.17) is 9.47 Å². The highest BCUT2D eigenvalue weighted by molar-refractivity contribution is 7.89. The van der Waals surface area contributed by atoms with Gasteiger partial charge < -0.3 is 14.6 Å². The third-order valence-corrected chi connectivity index (χ3v) is 7.29. The molecule has 1 aromatic heterocycles. The number of hydrogen-bond donors (Lipinski definition) is 1. The van der Waals surface area contributed by atoms with E-state index in [1.807, 2.05) is 16.8 Å². The van der Waals surface area contributed by atoms with Gasteiger partial charge in [-0.3, -0.25) is 0 Å². The fourth-order valence-corrected chi connectivity index (χ4v) is 5.67. The summed E-state index contributed by atoms with van der Waals surface area (Å²) >= 11 is 1.58. The smallest absolute Gasteiger partial charge is 0.243 e. The average molecular weight is 381 g/mol. The molecule has 0 spiro atoms. The summed E-state index contributed by atoms with van der Waals surface area (Å²) in [5.41, 5.74) is 1.09. The van der Waals surface area contributed by atoms with Crippen molar-refractivity contribution >= 4 is 21.4 Å². The van der Waals surface area contributed by atoms with Crippen molar-refractivity contribution in [1.29, 1.82) is 0 Å². The second kappa shape index (κ2) is 6.60. The fourth-order valence-electron chi connectivity index (χ4n) is 3.41. The van der Waals surface area contributed by atoms with Gasteiger partial charge in [0.2, 0.25) is 10.0 Å². The summed E-state index contributed by atoms with van der Waals surface area (Å²) in [6, 6.07) is 6.71. The fraction of sp³-hybridized carbons (Fsp3) is 0.412. The van der Waals surface area contributed by atoms with Gasteiger partial charge in [0, 0.05) is 37.6 Å². The van der Waals surface area contributed by atoms with Gasteiger partial charge in [-0.25, -0.2) is 8.42 Å². The van der Waals surface area contributed by atoms with E-state index >= 15 is 0 Å². The molecule has 6 nitrogen and oxygen atoms in total. The highest BCUT2D eigenvalue weighted by Crippen LogP contribution is 2.38. The van der Waals surface area contributed by atoms with Crippen LogP contribution >= 0.6 is 11.3 Å². The summed E-state index contributed by atoms with van der Waals surface area (Å²) in [6.07, 6.45) is 0. The third kappa shape index (κ3) is 3.03. The molecule has 2 atom stereocenters. The monoisotopic (exact) mass is 381 g/mol. The first-order valence-corrected chi connectivity index (χ1v) is 10.5. The van der Waals surface area contributed by atoms with Crippen LogP contribution in [0.25, 0.3) is 0 Å². The normalized spacial score (nSPS) is 23.7. The number of thiophene rings is 1. The number of ether oxygens (including phenoxy) is 2. The number of rotatable bonds is 4. The molecule has 1 saturated heterocycles. The van der Waals surface area contributed by atoms with E-state index < -0.39 is 10.0 Å². The van der Waals surface area contributed by atoms with Gasteiger partial charge in [0.15, 0.2) is 11.5 Å². The van der Waals surface area contributed by atoms with Gasteiger partial charge in [0.05, 0.1) is 4.90 Å². The minimum Gasteiger partial charge on any atom is -0.486 e. The minimum atomic E-state index is -3.65. The van der Waals surface area contributed by atoms with Crippen molar-refractivity contribution in [1.82, 2.24) is 4.31 Å². The Balaban J connectivity index is 1.62. The zero-order valence-corrected chi connectivity index (χ0v) is 15.1. The predicted octanol–water partition coefficient (Wildman–Crippen LogP) is 1.92. The molecule has 1 aromatic carbocycles. The molecule has 1 N–H and O–H groups in total. The standard InChI is InChI=1S/C17H19NO5S2/c19-10-13-8-18(9-15(13)12-3-6-24-11-12)25(20,21)14-1-2-16-17(7-14)23-5-4-22-16/h1-3,6-7,11,13,15,19H,4-5,8-10H2/t13-,15+/m1/s1. The zero-order valence-electron chi connectivity index (χ0n) is 13.5. The molecule has 0 aliphatic carbocycles. The van der Waals surface area contributed by atoms with Crippen LogP contribution in [-0.2, 0) is 10.0 Å². The molecule has 0 unspecified atom stereocenters. The van der Waals surface area contributed by atoms with Crippen LogP contribution in [0.2, 0.25) is 0 Å². The lowest BCUT2D eigenvalue weighted by Crippen LogP contribution is -2.29. The van der Waals surface area contributed by atoms with Gasteiger partial charge in [-0.1, -0.05) is 0 Å². The molecule has 3 heterocycles. The summed E-state index contributed by atoms with van der Waals surface area (Å²) in [5.74, 6) is 0.945. The van der Waals surface area contributed by atoms with Crippen LogP contribution in [0.5, 0.6) is 11.5 Å². The molecule has 134 valence electrons. The van der Waals surface area contributed by atoms with Crippen LogP contribution < -0.4 is 9.47 Å². The summed E-state index contributed by atoms with van der Waals surface area (Å²) < 4.78 is 38.5. The minimum absolute atomic E-state index is 0.0169. The number of benzene rings is 1. The van der Waals surface area contributed by atoms with E-state index in [2.05, 4.69) is 0 Å². The number of sulfonamides is 1. The van der Waals surface area contributed by atoms with Crippen molar-refractivity contribution in [3.05, 3.63) is 40.6 Å². The van der Waals surface area contributed by atoms with Gasteiger partial charge in [-0.05, 0) is 34.5 Å². The molecule has 2 aromatic rings. The maximum absolute atomic E-state index is 13.0. The molecule has 0 bridgehead atoms. The van der Waals surface area contributed by atoms with Crippen LogP contribution in [0.15, 0.2) is 39.9 Å². The van der Waals surface area contributed by atoms with E-state index in [1.54, 1.807) is 23.5 Å². The Morgan fingerprint density at radius 3 is 2.68 bits per heavy atom. The van der Waals surface area contributed by atoms with Gasteiger partial charge in [0.1, 0.15) is 13.2 Å². The topological polar surface area (TPSA) is 76.1 Å². The van der Waals surface area contributed by atoms with Crippen molar-refractivity contribution in [2.24, 2.45) is 5.92 Å². The number of hydrogen-bond acceptors (Lipinski definition) is 6. The molecule has 8 heteroatoms. The van der Waals surface area contributed by atoms with Crippen molar-refractivity contribution in [2.75, 3.05) is 32.9 Å². The lowest BCUT2D eigenvalue weighted by molar-refractivity contribution is 0.171. The number of nitrogens with zero attached hydrogens (tertiary/aromatic N) is 1. The van der Waals surface area contributed by atoms with Crippen molar-refractivity contribution in [3.8, 4) is 11.5 Å². The van der Waals surface area contributed by atoms with E-state index in [-0.39, 0.29) is 23.3 Å². The Labute approximate surface area is 150 Å². The Bertz CT molecular complexity index is 850. The van der Waals surface area contributed by atoms with Crippen molar-refractivity contribution in [3.63, 3.8) is 0 Å². The zero-order chi connectivity index (χ0) is 17.4. The van der Waals surface area contributed by atoms with Crippen molar-refractivity contribution in [2.45, 2.75) is 10.8 Å². The molecule has 2 aliphatic rings. The first kappa shape index (κ1) is 16.8. The quantitative estimate of drug-likeness (QED) is 0.876. The molecule has 0 amide bonds. The molecule has 0 saturated carbocycles. The highest BCUT2D eigenvalue weighted by atomic mass is 32.2. The largest absolute Gasteiger partial charge is 0.486 e. The lowest BCUT2D eigenvalue weighted by atomic mass is 9.92. The summed E-state index contributed by atoms with van der Waals surface area (Å²) in [5, 5.41) is 13.7. The van der Waals surface area contributed by atoms with E-state index in [0.29, 0.717) is 37.8 Å². The van der Waals surface area contributed by atoms with Crippen LogP contribution in [-0.4, -0.2) is 50.7 Å². The molecular formula is C17H19NO5S2. The Morgan fingerprint density at radius 1 is 1.16 bits per heavy atom. The van der Waals surface area contributed by atoms with E-state index in [1.165, 1.54) is 10.4 Å². The molecule has 1 fully saturated rings. The number of fused-ring (bicyclic) bond motifs is 1. The average Bonchev–Trinajstić information content (AvgIpc) is 3.30. The van der Waals surface area contributed by atoms with Gasteiger partial charge in [0.25, 0.3) is 0 Å². The first-order chi connectivity index (χ1) is 12.1. The maximum atomic E-state index is 13.0. The summed E-state index contributed by atoms with van der Waals surface area (Å²) in [4.78, 5) is 0.194. The van der Waals surface area contributed by atoms with Crippen LogP contribution in [0.3, 0.4) is 0 Å². The van der Waals surface area contributed by atoms with Gasteiger partial charge >= 0.3 is 0 Å². The van der Waals surface area contributed by atoms with Crippen molar-refractivity contribution < 1.29 is 23.0 Å². The second-order valence-corrected chi connectivity index (χ2v) is 8.95. The Kier molecular flexibility index (Phi) is 4.45. The molecule has 25 heavy (non-hydrogen) atoms. The van der Waals surface area contributed by atoms with Gasteiger partial charge in [-0.2, -0.15) is 15.6 Å². The number of aliphatic hydroxyl groups excluding tert-OH is 1. The molecule has 2 aliphatic heterocycles. The van der Waals surface area contributed by atoms with Gasteiger partial charge in [-0.15, -0.1) is 0 Å². The van der Waals surface area contributed by atoms with Crippen LogP contribution in [0.1, 0.15) is 11.5 Å². The third-order valence-electron chi connectivity index (χ3n) is 4.76. The lowest BCUT2D eigenvalue weighted by Gasteiger charge is -2.21. The number of aliphatic hydroxyl groups is 1. The molecule has 0 radical (unpaired) electrons. The Hall–Kier alpha value is -1.61. The Morgan fingerprint density at radius 2 is 1.96 bits per heavy atom. The second-order valence-electron chi connectivity index (χ2n) is 6.23. The SMILES string of the molecule is O=S(=O)(c1ccc2c(c1)OCCO2)N1C[C@H](CO)[C@H](c2ccsc2)C1. The van der Waals surface area contributed by atoms with E-state index in [9.17, 15) is 13.5 Å². The molecule has 4 rings (SSSR count).